The standard InChI is InChI=1S/C38H54N4O8/c1-5-25(3)33(41-31(43)23-27-13-17-29(18-14-27)37(47)48)35(45)39-21-11-9-7-8-10-12-22-40-36(46)34(26(4)6-2)42-32(44)24-28-15-19-30(20-16-28)38(49)50/h13-20,25-26,33-34H,5-12,21-24H2,1-4H3,(H,39,45)(H,40,46)(H,41,43)(H,42,44)(H,47,48)(H,49,50)/t25?,26?,33-,34-/m0/s1. The molecule has 50 heavy (non-hydrogen) atoms. The fourth-order valence-electron chi connectivity index (χ4n) is 5.35. The van der Waals surface area contributed by atoms with Crippen molar-refractivity contribution >= 4 is 35.6 Å². The average molecular weight is 695 g/mol. The molecule has 0 aliphatic carbocycles. The summed E-state index contributed by atoms with van der Waals surface area (Å²) in [6.07, 6.45) is 6.96. The Morgan fingerprint density at radius 2 is 0.860 bits per heavy atom. The van der Waals surface area contributed by atoms with Crippen molar-refractivity contribution < 1.29 is 39.0 Å². The lowest BCUT2D eigenvalue weighted by Crippen LogP contribution is -2.50. The number of unbranched alkanes of at least 4 members (excludes halogenated alkanes) is 5. The lowest BCUT2D eigenvalue weighted by molar-refractivity contribution is -0.130. The van der Waals surface area contributed by atoms with Crippen LogP contribution < -0.4 is 21.3 Å². The fourth-order valence-corrected chi connectivity index (χ4v) is 5.35. The second-order valence-corrected chi connectivity index (χ2v) is 12.9. The summed E-state index contributed by atoms with van der Waals surface area (Å²) in [6, 6.07) is 10.9. The van der Waals surface area contributed by atoms with E-state index in [2.05, 4.69) is 21.3 Å². The maximum Gasteiger partial charge on any atom is 0.335 e. The Kier molecular flexibility index (Phi) is 18.3. The highest BCUT2D eigenvalue weighted by Crippen LogP contribution is 2.12. The maximum atomic E-state index is 12.9. The number of amides is 4. The molecule has 0 aliphatic rings. The van der Waals surface area contributed by atoms with E-state index in [9.17, 15) is 28.8 Å². The van der Waals surface area contributed by atoms with Crippen LogP contribution in [0.5, 0.6) is 0 Å². The third-order valence-electron chi connectivity index (χ3n) is 8.96. The Morgan fingerprint density at radius 3 is 1.16 bits per heavy atom. The van der Waals surface area contributed by atoms with Crippen LogP contribution in [0, 0.1) is 11.8 Å². The van der Waals surface area contributed by atoms with Gasteiger partial charge in [-0.05, 0) is 60.1 Å². The first-order valence-corrected chi connectivity index (χ1v) is 17.6. The molecule has 0 aromatic heterocycles. The Labute approximate surface area is 295 Å². The highest BCUT2D eigenvalue weighted by Gasteiger charge is 2.27. The van der Waals surface area contributed by atoms with Gasteiger partial charge in [0.2, 0.25) is 23.6 Å². The lowest BCUT2D eigenvalue weighted by atomic mass is 9.97. The van der Waals surface area contributed by atoms with Crippen LogP contribution in [-0.4, -0.2) is 71.0 Å². The van der Waals surface area contributed by atoms with Gasteiger partial charge in [0.15, 0.2) is 0 Å². The monoisotopic (exact) mass is 694 g/mol. The molecule has 274 valence electrons. The molecule has 2 aromatic rings. The van der Waals surface area contributed by atoms with E-state index in [0.29, 0.717) is 37.1 Å². The molecule has 0 heterocycles. The summed E-state index contributed by atoms with van der Waals surface area (Å²) >= 11 is 0. The summed E-state index contributed by atoms with van der Waals surface area (Å²) in [5.74, 6) is -3.22. The van der Waals surface area contributed by atoms with Crippen LogP contribution in [0.25, 0.3) is 0 Å². The number of benzene rings is 2. The van der Waals surface area contributed by atoms with Crippen LogP contribution in [0.1, 0.15) is 111 Å². The van der Waals surface area contributed by atoms with Crippen LogP contribution >= 0.6 is 0 Å². The van der Waals surface area contributed by atoms with Crippen molar-refractivity contribution in [2.24, 2.45) is 11.8 Å². The molecule has 0 radical (unpaired) electrons. The van der Waals surface area contributed by atoms with E-state index >= 15 is 0 Å². The highest BCUT2D eigenvalue weighted by molar-refractivity contribution is 5.90. The number of carboxylic acid groups (broad SMARTS) is 2. The first kappa shape index (κ1) is 41.4. The van der Waals surface area contributed by atoms with Crippen molar-refractivity contribution in [3.8, 4) is 0 Å². The molecule has 0 bridgehead atoms. The molecular weight excluding hydrogens is 640 g/mol. The molecule has 0 spiro atoms. The van der Waals surface area contributed by atoms with Gasteiger partial charge in [0.25, 0.3) is 0 Å². The van der Waals surface area contributed by atoms with E-state index in [0.717, 1.165) is 38.5 Å². The van der Waals surface area contributed by atoms with Gasteiger partial charge in [0.05, 0.1) is 24.0 Å². The van der Waals surface area contributed by atoms with Crippen molar-refractivity contribution in [3.63, 3.8) is 0 Å². The van der Waals surface area contributed by atoms with Gasteiger partial charge in [-0.2, -0.15) is 0 Å². The summed E-state index contributed by atoms with van der Waals surface area (Å²) < 4.78 is 0. The Balaban J connectivity index is 1.65. The SMILES string of the molecule is CCC(C)[C@H](NC(=O)Cc1ccc(C(=O)O)cc1)C(=O)NCCCCCCCCNC(=O)[C@@H](NC(=O)Cc1ccc(C(=O)O)cc1)C(C)CC. The quantitative estimate of drug-likeness (QED) is 0.0916. The summed E-state index contributed by atoms with van der Waals surface area (Å²) in [7, 11) is 0. The second kappa shape index (κ2) is 22.1. The van der Waals surface area contributed by atoms with Gasteiger partial charge in [0, 0.05) is 13.1 Å². The lowest BCUT2D eigenvalue weighted by Gasteiger charge is -2.23. The minimum absolute atomic E-state index is 0.0486. The minimum atomic E-state index is -1.03. The van der Waals surface area contributed by atoms with Gasteiger partial charge >= 0.3 is 11.9 Å². The number of aromatic carboxylic acids is 2. The van der Waals surface area contributed by atoms with Gasteiger partial charge in [-0.1, -0.05) is 90.5 Å². The zero-order chi connectivity index (χ0) is 37.1. The zero-order valence-electron chi connectivity index (χ0n) is 29.8. The van der Waals surface area contributed by atoms with Crippen LogP contribution in [0.4, 0.5) is 0 Å². The minimum Gasteiger partial charge on any atom is -0.478 e. The maximum absolute atomic E-state index is 12.9. The molecule has 0 saturated carbocycles. The van der Waals surface area contributed by atoms with E-state index in [1.165, 1.54) is 24.3 Å². The van der Waals surface area contributed by atoms with Crippen LogP contribution in [-0.2, 0) is 32.0 Å². The van der Waals surface area contributed by atoms with E-state index in [1.54, 1.807) is 24.3 Å². The Hall–Kier alpha value is -4.74. The molecule has 4 amide bonds. The molecule has 0 fully saturated rings. The second-order valence-electron chi connectivity index (χ2n) is 12.9. The normalized spacial score (nSPS) is 13.3. The Bertz CT molecular complexity index is 1300. The third-order valence-corrected chi connectivity index (χ3v) is 8.96. The van der Waals surface area contributed by atoms with Gasteiger partial charge in [0.1, 0.15) is 12.1 Å². The molecule has 12 nitrogen and oxygen atoms in total. The molecule has 4 atom stereocenters. The number of hydrogen-bond donors (Lipinski definition) is 6. The summed E-state index contributed by atoms with van der Waals surface area (Å²) in [5, 5.41) is 29.7. The molecule has 2 rings (SSSR count). The molecule has 2 unspecified atom stereocenters. The van der Waals surface area contributed by atoms with Crippen LogP contribution in [0.2, 0.25) is 0 Å². The van der Waals surface area contributed by atoms with E-state index in [4.69, 9.17) is 10.2 Å². The predicted molar refractivity (Wildman–Crippen MR) is 191 cm³/mol. The van der Waals surface area contributed by atoms with E-state index in [1.807, 2.05) is 27.7 Å². The molecule has 0 saturated heterocycles. The van der Waals surface area contributed by atoms with Crippen LogP contribution in [0.15, 0.2) is 48.5 Å². The third kappa shape index (κ3) is 14.8. The van der Waals surface area contributed by atoms with Crippen molar-refractivity contribution in [2.75, 3.05) is 13.1 Å². The number of carboxylic acids is 2. The largest absolute Gasteiger partial charge is 0.478 e. The fraction of sp³-hybridized carbons (Fsp3) is 0.526. The first-order chi connectivity index (χ1) is 23.9. The van der Waals surface area contributed by atoms with Gasteiger partial charge < -0.3 is 31.5 Å². The number of carbonyl (C=O) groups excluding carboxylic acids is 4. The van der Waals surface area contributed by atoms with Crippen LogP contribution in [0.3, 0.4) is 0 Å². The molecule has 12 heteroatoms. The number of hydrogen-bond acceptors (Lipinski definition) is 6. The average Bonchev–Trinajstić information content (AvgIpc) is 3.09. The summed E-state index contributed by atoms with van der Waals surface area (Å²) in [4.78, 5) is 73.3. The van der Waals surface area contributed by atoms with Crippen molar-refractivity contribution in [1.82, 2.24) is 21.3 Å². The Morgan fingerprint density at radius 1 is 0.540 bits per heavy atom. The summed E-state index contributed by atoms with van der Waals surface area (Å²) in [5.41, 5.74) is 1.62. The van der Waals surface area contributed by atoms with Gasteiger partial charge in [-0.25, -0.2) is 9.59 Å². The van der Waals surface area contributed by atoms with Gasteiger partial charge in [-0.15, -0.1) is 0 Å². The smallest absolute Gasteiger partial charge is 0.335 e. The number of carbonyl (C=O) groups is 6. The predicted octanol–water partition coefficient (Wildman–Crippen LogP) is 4.50. The molecule has 0 aliphatic heterocycles. The van der Waals surface area contributed by atoms with Crippen molar-refractivity contribution in [2.45, 2.75) is 104 Å². The molecular formula is C38H54N4O8. The van der Waals surface area contributed by atoms with E-state index < -0.39 is 24.0 Å². The number of nitrogens with one attached hydrogen (secondary N) is 4. The van der Waals surface area contributed by atoms with Crippen molar-refractivity contribution in [1.29, 1.82) is 0 Å². The number of rotatable bonds is 23. The first-order valence-electron chi connectivity index (χ1n) is 17.6. The zero-order valence-corrected chi connectivity index (χ0v) is 29.8. The molecule has 2 aromatic carbocycles. The van der Waals surface area contributed by atoms with Gasteiger partial charge in [-0.3, -0.25) is 19.2 Å². The molecule has 6 N–H and O–H groups in total. The summed E-state index contributed by atoms with van der Waals surface area (Å²) in [6.45, 7) is 8.77. The van der Waals surface area contributed by atoms with E-state index in [-0.39, 0.29) is 59.4 Å². The topological polar surface area (TPSA) is 191 Å². The highest BCUT2D eigenvalue weighted by atomic mass is 16.4. The van der Waals surface area contributed by atoms with Crippen molar-refractivity contribution in [3.05, 3.63) is 70.8 Å².